The first kappa shape index (κ1) is 15.7. The summed E-state index contributed by atoms with van der Waals surface area (Å²) < 4.78 is 0.564. The van der Waals surface area contributed by atoms with Crippen LogP contribution in [0.3, 0.4) is 0 Å². The lowest BCUT2D eigenvalue weighted by Gasteiger charge is -2.37. The molecule has 0 aromatic carbocycles. The van der Waals surface area contributed by atoms with Crippen LogP contribution in [0.2, 0.25) is 0 Å². The second-order valence-electron chi connectivity index (χ2n) is 6.81. The summed E-state index contributed by atoms with van der Waals surface area (Å²) in [6.07, 6.45) is 18.2. The van der Waals surface area contributed by atoms with E-state index in [-0.39, 0.29) is 0 Å². The number of thioether (sulfide) groups is 1. The van der Waals surface area contributed by atoms with Crippen molar-refractivity contribution in [2.24, 2.45) is 5.92 Å². The molecule has 2 unspecified atom stereocenters. The van der Waals surface area contributed by atoms with Gasteiger partial charge in [-0.1, -0.05) is 45.4 Å². The van der Waals surface area contributed by atoms with E-state index in [9.17, 15) is 0 Å². The van der Waals surface area contributed by atoms with Crippen molar-refractivity contribution in [2.75, 3.05) is 12.8 Å². The zero-order valence-electron chi connectivity index (χ0n) is 13.0. The van der Waals surface area contributed by atoms with E-state index in [1.54, 1.807) is 0 Å². The molecule has 112 valence electrons. The number of hydrogen-bond acceptors (Lipinski definition) is 2. The Morgan fingerprint density at radius 3 is 2.47 bits per heavy atom. The van der Waals surface area contributed by atoms with Crippen LogP contribution in [0.1, 0.15) is 77.6 Å². The average molecular weight is 284 g/mol. The lowest BCUT2D eigenvalue weighted by molar-refractivity contribution is 0.348. The molecular formula is C17H33NS. The van der Waals surface area contributed by atoms with Crippen molar-refractivity contribution in [2.45, 2.75) is 88.3 Å². The Hall–Kier alpha value is 0.310. The molecule has 0 saturated heterocycles. The van der Waals surface area contributed by atoms with Crippen molar-refractivity contribution in [3.05, 3.63) is 0 Å². The summed E-state index contributed by atoms with van der Waals surface area (Å²) in [5.41, 5.74) is 0. The number of hydrogen-bond donors (Lipinski definition) is 1. The van der Waals surface area contributed by atoms with Crippen molar-refractivity contribution in [1.82, 2.24) is 5.32 Å². The summed E-state index contributed by atoms with van der Waals surface area (Å²) in [6, 6.07) is 0.808. The van der Waals surface area contributed by atoms with E-state index in [2.05, 4.69) is 30.3 Å². The molecule has 2 aliphatic rings. The predicted molar refractivity (Wildman–Crippen MR) is 88.0 cm³/mol. The third-order valence-electron chi connectivity index (χ3n) is 5.58. The van der Waals surface area contributed by atoms with Gasteiger partial charge < -0.3 is 5.32 Å². The Morgan fingerprint density at radius 2 is 1.79 bits per heavy atom. The molecule has 2 rings (SSSR count). The van der Waals surface area contributed by atoms with Crippen LogP contribution in [0.4, 0.5) is 0 Å². The van der Waals surface area contributed by atoms with Gasteiger partial charge in [0.15, 0.2) is 0 Å². The zero-order valence-corrected chi connectivity index (χ0v) is 13.9. The summed E-state index contributed by atoms with van der Waals surface area (Å²) >= 11 is 2.13. The van der Waals surface area contributed by atoms with Crippen LogP contribution >= 0.6 is 11.8 Å². The van der Waals surface area contributed by atoms with Gasteiger partial charge in [-0.25, -0.2) is 0 Å². The van der Waals surface area contributed by atoms with Crippen molar-refractivity contribution in [1.29, 1.82) is 0 Å². The van der Waals surface area contributed by atoms with Crippen LogP contribution < -0.4 is 5.32 Å². The third-order valence-corrected chi connectivity index (χ3v) is 6.99. The Morgan fingerprint density at radius 1 is 1.00 bits per heavy atom. The minimum absolute atomic E-state index is 0.564. The Kier molecular flexibility index (Phi) is 6.55. The van der Waals surface area contributed by atoms with Gasteiger partial charge in [0.25, 0.3) is 0 Å². The molecule has 0 aromatic heterocycles. The van der Waals surface area contributed by atoms with Crippen LogP contribution in [-0.2, 0) is 0 Å². The van der Waals surface area contributed by atoms with E-state index in [1.165, 1.54) is 77.2 Å². The van der Waals surface area contributed by atoms with E-state index in [1.807, 2.05) is 0 Å². The Bertz CT molecular complexity index is 248. The number of rotatable bonds is 5. The van der Waals surface area contributed by atoms with E-state index in [4.69, 9.17) is 0 Å². The monoisotopic (exact) mass is 283 g/mol. The van der Waals surface area contributed by atoms with Gasteiger partial charge >= 0.3 is 0 Å². The van der Waals surface area contributed by atoms with Crippen LogP contribution in [-0.4, -0.2) is 23.6 Å². The first-order valence-corrected chi connectivity index (χ1v) is 9.79. The summed E-state index contributed by atoms with van der Waals surface area (Å²) in [4.78, 5) is 0. The molecule has 2 atom stereocenters. The molecule has 1 N–H and O–H groups in total. The lowest BCUT2D eigenvalue weighted by Crippen LogP contribution is -2.43. The third kappa shape index (κ3) is 4.67. The van der Waals surface area contributed by atoms with Crippen LogP contribution in [0.15, 0.2) is 0 Å². The standard InChI is InChI=1S/C17H33NS/c1-3-15-8-7-9-16(11-10-15)18-14-17(19-2)12-5-4-6-13-17/h15-16,18H,3-14H2,1-2H3. The minimum Gasteiger partial charge on any atom is -0.313 e. The highest BCUT2D eigenvalue weighted by Gasteiger charge is 2.31. The summed E-state index contributed by atoms with van der Waals surface area (Å²) in [6.45, 7) is 3.62. The summed E-state index contributed by atoms with van der Waals surface area (Å²) in [7, 11) is 0. The molecule has 0 amide bonds. The van der Waals surface area contributed by atoms with Crippen molar-refractivity contribution >= 4 is 11.8 Å². The molecule has 0 spiro atoms. The van der Waals surface area contributed by atoms with Gasteiger partial charge in [0.1, 0.15) is 0 Å². The average Bonchev–Trinajstić information content (AvgIpc) is 2.71. The molecule has 0 aromatic rings. The lowest BCUT2D eigenvalue weighted by atomic mass is 9.88. The molecular weight excluding hydrogens is 250 g/mol. The molecule has 0 radical (unpaired) electrons. The van der Waals surface area contributed by atoms with E-state index in [0.29, 0.717) is 4.75 Å². The van der Waals surface area contributed by atoms with Gasteiger partial charge in [0.2, 0.25) is 0 Å². The fourth-order valence-electron chi connectivity index (χ4n) is 3.97. The highest BCUT2D eigenvalue weighted by Crippen LogP contribution is 2.38. The van der Waals surface area contributed by atoms with E-state index in [0.717, 1.165) is 12.0 Å². The van der Waals surface area contributed by atoms with Gasteiger partial charge in [0.05, 0.1) is 0 Å². The van der Waals surface area contributed by atoms with Crippen LogP contribution in [0, 0.1) is 5.92 Å². The van der Waals surface area contributed by atoms with Crippen molar-refractivity contribution in [3.8, 4) is 0 Å². The van der Waals surface area contributed by atoms with Crippen molar-refractivity contribution < 1.29 is 0 Å². The molecule has 1 nitrogen and oxygen atoms in total. The van der Waals surface area contributed by atoms with Gasteiger partial charge in [-0.15, -0.1) is 0 Å². The maximum atomic E-state index is 3.95. The molecule has 2 saturated carbocycles. The molecule has 2 fully saturated rings. The largest absolute Gasteiger partial charge is 0.313 e. The first-order chi connectivity index (χ1) is 9.28. The molecule has 19 heavy (non-hydrogen) atoms. The summed E-state index contributed by atoms with van der Waals surface area (Å²) in [5, 5.41) is 3.95. The normalized spacial score (nSPS) is 31.9. The van der Waals surface area contributed by atoms with Gasteiger partial charge in [0, 0.05) is 17.3 Å². The van der Waals surface area contributed by atoms with Gasteiger partial charge in [-0.05, 0) is 44.3 Å². The highest BCUT2D eigenvalue weighted by molar-refractivity contribution is 8.00. The molecule has 0 heterocycles. The Balaban J connectivity index is 1.77. The van der Waals surface area contributed by atoms with Crippen molar-refractivity contribution in [3.63, 3.8) is 0 Å². The molecule has 2 heteroatoms. The number of nitrogens with one attached hydrogen (secondary N) is 1. The predicted octanol–water partition coefficient (Wildman–Crippen LogP) is 5.00. The first-order valence-electron chi connectivity index (χ1n) is 8.56. The quantitative estimate of drug-likeness (QED) is 0.713. The van der Waals surface area contributed by atoms with Crippen LogP contribution in [0.25, 0.3) is 0 Å². The topological polar surface area (TPSA) is 12.0 Å². The smallest absolute Gasteiger partial charge is 0.0281 e. The fourth-order valence-corrected chi connectivity index (χ4v) is 4.89. The minimum atomic E-state index is 0.564. The second kappa shape index (κ2) is 7.93. The maximum Gasteiger partial charge on any atom is 0.0281 e. The Labute approximate surface area is 124 Å². The zero-order chi connectivity index (χ0) is 13.6. The maximum absolute atomic E-state index is 3.95. The second-order valence-corrected chi connectivity index (χ2v) is 8.08. The molecule has 0 aliphatic heterocycles. The van der Waals surface area contributed by atoms with Gasteiger partial charge in [-0.2, -0.15) is 11.8 Å². The SMILES string of the molecule is CCC1CCCC(NCC2(SC)CCCCC2)CC1. The van der Waals surface area contributed by atoms with E-state index < -0.39 is 0 Å². The molecule has 0 bridgehead atoms. The highest BCUT2D eigenvalue weighted by atomic mass is 32.2. The molecule has 2 aliphatic carbocycles. The van der Waals surface area contributed by atoms with Gasteiger partial charge in [-0.3, -0.25) is 0 Å². The van der Waals surface area contributed by atoms with E-state index >= 15 is 0 Å². The van der Waals surface area contributed by atoms with Crippen LogP contribution in [0.5, 0.6) is 0 Å². The fraction of sp³-hybridized carbons (Fsp3) is 1.00. The summed E-state index contributed by atoms with van der Waals surface area (Å²) in [5.74, 6) is 1.01.